The summed E-state index contributed by atoms with van der Waals surface area (Å²) in [6.45, 7) is 16.9. The van der Waals surface area contributed by atoms with Crippen molar-refractivity contribution in [2.75, 3.05) is 57.4 Å². The first-order valence-electron chi connectivity index (χ1n) is 13.3. The Labute approximate surface area is 217 Å². The van der Waals surface area contributed by atoms with Crippen LogP contribution in [-0.2, 0) is 18.3 Å². The van der Waals surface area contributed by atoms with Gasteiger partial charge >= 0.3 is 0 Å². The number of rotatable bonds is 4. The molecule has 1 aromatic carbocycles. The SMILES string of the molecule is Cc1nc2ccccc2n1-c1nc(N2CCOCC2)c2nc(CN3CCN(C(C)(C)C)CC3)n(C)c2n1. The molecule has 10 nitrogen and oxygen atoms in total. The summed E-state index contributed by atoms with van der Waals surface area (Å²) in [4.78, 5) is 27.4. The number of benzene rings is 1. The van der Waals surface area contributed by atoms with Crippen molar-refractivity contribution in [2.24, 2.45) is 7.05 Å². The second-order valence-corrected chi connectivity index (χ2v) is 11.1. The third kappa shape index (κ3) is 4.47. The number of imidazole rings is 2. The molecule has 0 bridgehead atoms. The van der Waals surface area contributed by atoms with Gasteiger partial charge in [0.1, 0.15) is 11.6 Å². The largest absolute Gasteiger partial charge is 0.378 e. The second-order valence-electron chi connectivity index (χ2n) is 11.1. The van der Waals surface area contributed by atoms with Crippen LogP contribution in [0.25, 0.3) is 28.1 Å². The molecular formula is C27H37N9O. The number of fused-ring (bicyclic) bond motifs is 2. The number of hydrogen-bond donors (Lipinski definition) is 0. The number of hydrogen-bond acceptors (Lipinski definition) is 8. The molecule has 0 aliphatic carbocycles. The predicted molar refractivity (Wildman–Crippen MR) is 145 cm³/mol. The van der Waals surface area contributed by atoms with E-state index in [0.29, 0.717) is 19.2 Å². The van der Waals surface area contributed by atoms with Crippen molar-refractivity contribution in [3.8, 4) is 5.95 Å². The second kappa shape index (κ2) is 9.34. The molecule has 5 heterocycles. The molecule has 0 saturated carbocycles. The Morgan fingerprint density at radius 3 is 2.35 bits per heavy atom. The number of piperazine rings is 1. The summed E-state index contributed by atoms with van der Waals surface area (Å²) in [5.74, 6) is 3.40. The summed E-state index contributed by atoms with van der Waals surface area (Å²) in [5.41, 5.74) is 3.87. The molecule has 0 amide bonds. The van der Waals surface area contributed by atoms with Crippen LogP contribution in [0.4, 0.5) is 5.82 Å². The van der Waals surface area contributed by atoms with E-state index in [0.717, 1.165) is 85.5 Å². The number of anilines is 1. The molecule has 0 N–H and O–H groups in total. The Bertz CT molecular complexity index is 1420. The number of morpholine rings is 1. The smallest absolute Gasteiger partial charge is 0.239 e. The molecular weight excluding hydrogens is 466 g/mol. The summed E-state index contributed by atoms with van der Waals surface area (Å²) < 4.78 is 9.84. The van der Waals surface area contributed by atoms with Gasteiger partial charge in [-0.25, -0.2) is 9.97 Å². The Kier molecular flexibility index (Phi) is 6.13. The summed E-state index contributed by atoms with van der Waals surface area (Å²) in [5, 5.41) is 0. The average Bonchev–Trinajstić information content (AvgIpc) is 3.39. The first kappa shape index (κ1) is 24.3. The lowest BCUT2D eigenvalue weighted by Gasteiger charge is -2.42. The lowest BCUT2D eigenvalue weighted by atomic mass is 10.1. The van der Waals surface area contributed by atoms with Crippen LogP contribution >= 0.6 is 0 Å². The van der Waals surface area contributed by atoms with Crippen molar-refractivity contribution in [1.82, 2.24) is 38.9 Å². The molecule has 3 aromatic heterocycles. The van der Waals surface area contributed by atoms with Crippen molar-refractivity contribution >= 4 is 28.0 Å². The molecule has 196 valence electrons. The third-order valence-electron chi connectivity index (χ3n) is 7.71. The van der Waals surface area contributed by atoms with Crippen LogP contribution in [0.3, 0.4) is 0 Å². The zero-order valence-corrected chi connectivity index (χ0v) is 22.6. The molecule has 6 rings (SSSR count). The van der Waals surface area contributed by atoms with Crippen molar-refractivity contribution in [3.05, 3.63) is 35.9 Å². The third-order valence-corrected chi connectivity index (χ3v) is 7.71. The Balaban J connectivity index is 1.40. The fraction of sp³-hybridized carbons (Fsp3) is 0.556. The van der Waals surface area contributed by atoms with Crippen molar-refractivity contribution < 1.29 is 4.74 Å². The standard InChI is InChI=1S/C27H37N9O/c1-19-28-20-8-6-7-9-21(20)36(19)26-30-24-23(25(31-26)34-14-16-37-17-15-34)29-22(32(24)5)18-33-10-12-35(13-11-33)27(2,3)4/h6-9H,10-18H2,1-5H3. The van der Waals surface area contributed by atoms with Gasteiger partial charge in [-0.05, 0) is 39.8 Å². The first-order valence-corrected chi connectivity index (χ1v) is 13.3. The van der Waals surface area contributed by atoms with Crippen LogP contribution < -0.4 is 4.90 Å². The van der Waals surface area contributed by atoms with Gasteiger partial charge in [-0.15, -0.1) is 0 Å². The first-order chi connectivity index (χ1) is 17.8. The van der Waals surface area contributed by atoms with E-state index < -0.39 is 0 Å². The van der Waals surface area contributed by atoms with Gasteiger partial charge in [0.2, 0.25) is 5.95 Å². The fourth-order valence-corrected chi connectivity index (χ4v) is 5.49. The van der Waals surface area contributed by atoms with E-state index in [1.807, 2.05) is 25.1 Å². The number of aryl methyl sites for hydroxylation is 2. The maximum atomic E-state index is 5.64. The molecule has 2 aliphatic rings. The molecule has 10 heteroatoms. The van der Waals surface area contributed by atoms with Gasteiger partial charge in [-0.1, -0.05) is 12.1 Å². The van der Waals surface area contributed by atoms with Gasteiger partial charge in [0, 0.05) is 51.9 Å². The lowest BCUT2D eigenvalue weighted by molar-refractivity contribution is 0.0577. The van der Waals surface area contributed by atoms with Crippen molar-refractivity contribution in [2.45, 2.75) is 39.8 Å². The monoisotopic (exact) mass is 503 g/mol. The molecule has 0 atom stereocenters. The normalized spacial score (nSPS) is 18.4. The molecule has 0 spiro atoms. The minimum atomic E-state index is 0.207. The van der Waals surface area contributed by atoms with Gasteiger partial charge in [-0.3, -0.25) is 14.4 Å². The van der Waals surface area contributed by atoms with Crippen LogP contribution in [0.2, 0.25) is 0 Å². The van der Waals surface area contributed by atoms with Gasteiger partial charge in [0.05, 0.1) is 30.8 Å². The highest BCUT2D eigenvalue weighted by atomic mass is 16.5. The summed E-state index contributed by atoms with van der Waals surface area (Å²) in [6.07, 6.45) is 0. The highest BCUT2D eigenvalue weighted by molar-refractivity contribution is 5.86. The summed E-state index contributed by atoms with van der Waals surface area (Å²) >= 11 is 0. The Hall–Kier alpha value is -3.08. The molecule has 0 unspecified atom stereocenters. The van der Waals surface area contributed by atoms with E-state index in [-0.39, 0.29) is 5.54 Å². The molecule has 4 aromatic rings. The van der Waals surface area contributed by atoms with Crippen LogP contribution in [0.15, 0.2) is 24.3 Å². The van der Waals surface area contributed by atoms with Gasteiger partial charge < -0.3 is 14.2 Å². The molecule has 2 saturated heterocycles. The minimum Gasteiger partial charge on any atom is -0.378 e. The summed E-state index contributed by atoms with van der Waals surface area (Å²) in [6, 6.07) is 8.14. The Morgan fingerprint density at radius 2 is 1.62 bits per heavy atom. The van der Waals surface area contributed by atoms with E-state index in [2.05, 4.69) is 57.7 Å². The highest BCUT2D eigenvalue weighted by Crippen LogP contribution is 2.28. The molecule has 37 heavy (non-hydrogen) atoms. The molecule has 2 aliphatic heterocycles. The van der Waals surface area contributed by atoms with Crippen LogP contribution in [0.5, 0.6) is 0 Å². The van der Waals surface area contributed by atoms with Gasteiger partial charge in [0.25, 0.3) is 0 Å². The zero-order valence-electron chi connectivity index (χ0n) is 22.6. The number of para-hydroxylation sites is 2. The summed E-state index contributed by atoms with van der Waals surface area (Å²) in [7, 11) is 2.08. The maximum Gasteiger partial charge on any atom is 0.239 e. The quantitative estimate of drug-likeness (QED) is 0.421. The highest BCUT2D eigenvalue weighted by Gasteiger charge is 2.28. The molecule has 0 radical (unpaired) electrons. The molecule has 2 fully saturated rings. The van der Waals surface area contributed by atoms with E-state index >= 15 is 0 Å². The average molecular weight is 504 g/mol. The minimum absolute atomic E-state index is 0.207. The number of ether oxygens (including phenoxy) is 1. The number of aromatic nitrogens is 6. The predicted octanol–water partition coefficient (Wildman–Crippen LogP) is 2.76. The van der Waals surface area contributed by atoms with Gasteiger partial charge in [-0.2, -0.15) is 9.97 Å². The van der Waals surface area contributed by atoms with E-state index in [9.17, 15) is 0 Å². The van der Waals surface area contributed by atoms with E-state index in [1.54, 1.807) is 0 Å². The van der Waals surface area contributed by atoms with E-state index in [4.69, 9.17) is 24.7 Å². The van der Waals surface area contributed by atoms with Crippen molar-refractivity contribution in [1.29, 1.82) is 0 Å². The van der Waals surface area contributed by atoms with Crippen LogP contribution in [0, 0.1) is 6.92 Å². The topological polar surface area (TPSA) is 80.4 Å². The van der Waals surface area contributed by atoms with Crippen LogP contribution in [0.1, 0.15) is 32.4 Å². The van der Waals surface area contributed by atoms with Gasteiger partial charge in [0.15, 0.2) is 17.0 Å². The lowest BCUT2D eigenvalue weighted by Crippen LogP contribution is -2.53. The Morgan fingerprint density at radius 1 is 0.892 bits per heavy atom. The van der Waals surface area contributed by atoms with Crippen LogP contribution in [-0.4, -0.2) is 96.9 Å². The van der Waals surface area contributed by atoms with Crippen molar-refractivity contribution in [3.63, 3.8) is 0 Å². The zero-order chi connectivity index (χ0) is 25.7. The number of nitrogens with zero attached hydrogens (tertiary/aromatic N) is 9. The maximum absolute atomic E-state index is 5.64. The van der Waals surface area contributed by atoms with E-state index in [1.165, 1.54) is 0 Å². The fourth-order valence-electron chi connectivity index (χ4n) is 5.49.